The van der Waals surface area contributed by atoms with Crippen LogP contribution in [0, 0.1) is 5.92 Å². The maximum Gasteiger partial charge on any atom is 0.339 e. The molecule has 1 amide bonds. The van der Waals surface area contributed by atoms with E-state index in [-0.39, 0.29) is 5.91 Å². The van der Waals surface area contributed by atoms with Crippen LogP contribution in [0.5, 0.6) is 5.75 Å². The number of nitrogens with zero attached hydrogens (tertiary/aromatic N) is 2. The molecule has 1 aromatic heterocycles. The van der Waals surface area contributed by atoms with E-state index >= 15 is 0 Å². The Bertz CT molecular complexity index is 831. The van der Waals surface area contributed by atoms with Crippen molar-refractivity contribution in [1.82, 2.24) is 5.32 Å². The van der Waals surface area contributed by atoms with E-state index in [2.05, 4.69) is 15.5 Å². The van der Waals surface area contributed by atoms with Gasteiger partial charge in [0.15, 0.2) is 0 Å². The van der Waals surface area contributed by atoms with Crippen LogP contribution in [0.2, 0.25) is 0 Å². The molecule has 2 atom stereocenters. The number of thioether (sulfide) groups is 1. The summed E-state index contributed by atoms with van der Waals surface area (Å²) in [6, 6.07) is 2.01. The van der Waals surface area contributed by atoms with Crippen LogP contribution >= 0.6 is 11.8 Å². The van der Waals surface area contributed by atoms with Crippen molar-refractivity contribution in [3.8, 4) is 5.75 Å². The highest BCUT2D eigenvalue weighted by atomic mass is 32.2. The minimum absolute atomic E-state index is 0.251. The van der Waals surface area contributed by atoms with E-state index in [0.717, 1.165) is 19.3 Å². The summed E-state index contributed by atoms with van der Waals surface area (Å²) in [5.74, 6) is 1.65. The second-order valence-electron chi connectivity index (χ2n) is 7.07. The number of oxime groups is 1. The fourth-order valence-corrected chi connectivity index (χ4v) is 3.81. The number of ether oxygens (including phenoxy) is 1. The molecule has 8 nitrogen and oxygen atoms in total. The molecule has 3 rings (SSSR count). The maximum atomic E-state index is 12.7. The minimum Gasteiger partial charge on any atom is -0.493 e. The van der Waals surface area contributed by atoms with Crippen LogP contribution in [0.4, 0.5) is 0 Å². The van der Waals surface area contributed by atoms with E-state index in [9.17, 15) is 9.59 Å². The van der Waals surface area contributed by atoms with Gasteiger partial charge in [0, 0.05) is 11.8 Å². The second-order valence-corrected chi connectivity index (χ2v) is 8.07. The number of nitrogens with one attached hydrogen (secondary N) is 1. The van der Waals surface area contributed by atoms with Gasteiger partial charge in [-0.25, -0.2) is 4.79 Å². The van der Waals surface area contributed by atoms with Gasteiger partial charge in [-0.1, -0.05) is 18.5 Å². The SMILES string of the molecule is CCCC(NC(=O)C1CSC(/C(C)=N\O)=N1)c1cc(OCC2CC2)cc(=O)o1. The Balaban J connectivity index is 1.71. The highest BCUT2D eigenvalue weighted by Crippen LogP contribution is 2.30. The van der Waals surface area contributed by atoms with Gasteiger partial charge in [0.2, 0.25) is 5.91 Å². The second kappa shape index (κ2) is 9.27. The van der Waals surface area contributed by atoms with Gasteiger partial charge in [0.25, 0.3) is 0 Å². The first-order chi connectivity index (χ1) is 13.5. The fourth-order valence-electron chi connectivity index (χ4n) is 2.82. The summed E-state index contributed by atoms with van der Waals surface area (Å²) in [6.45, 7) is 4.22. The first-order valence-electron chi connectivity index (χ1n) is 9.48. The number of hydrogen-bond donors (Lipinski definition) is 2. The summed E-state index contributed by atoms with van der Waals surface area (Å²) in [6.07, 6.45) is 3.73. The molecule has 0 radical (unpaired) electrons. The van der Waals surface area contributed by atoms with E-state index in [1.807, 2.05) is 6.92 Å². The molecule has 2 aliphatic rings. The van der Waals surface area contributed by atoms with Crippen LogP contribution in [-0.4, -0.2) is 40.3 Å². The molecule has 1 aliphatic heterocycles. The Morgan fingerprint density at radius 2 is 2.29 bits per heavy atom. The van der Waals surface area contributed by atoms with Gasteiger partial charge in [-0.05, 0) is 32.1 Å². The molecule has 0 saturated heterocycles. The molecule has 2 N–H and O–H groups in total. The van der Waals surface area contributed by atoms with Gasteiger partial charge in [-0.2, -0.15) is 0 Å². The zero-order chi connectivity index (χ0) is 20.1. The molecule has 0 aromatic carbocycles. The molecule has 1 saturated carbocycles. The van der Waals surface area contributed by atoms with Crippen molar-refractivity contribution in [3.05, 3.63) is 28.3 Å². The summed E-state index contributed by atoms with van der Waals surface area (Å²) in [4.78, 5) is 28.9. The van der Waals surface area contributed by atoms with Crippen molar-refractivity contribution in [2.75, 3.05) is 12.4 Å². The topological polar surface area (TPSA) is 113 Å². The molecular formula is C19H25N3O5S. The lowest BCUT2D eigenvalue weighted by molar-refractivity contribution is -0.122. The Morgan fingerprint density at radius 1 is 1.50 bits per heavy atom. The van der Waals surface area contributed by atoms with Crippen molar-refractivity contribution in [1.29, 1.82) is 0 Å². The Hall–Kier alpha value is -2.29. The molecule has 1 aliphatic carbocycles. The number of hydrogen-bond acceptors (Lipinski definition) is 8. The van der Waals surface area contributed by atoms with Crippen LogP contribution < -0.4 is 15.7 Å². The number of aliphatic imine (C=N–C) groups is 1. The Morgan fingerprint density at radius 3 is 2.96 bits per heavy atom. The summed E-state index contributed by atoms with van der Waals surface area (Å²) >= 11 is 1.37. The molecule has 152 valence electrons. The molecule has 0 spiro atoms. The van der Waals surface area contributed by atoms with Crippen molar-refractivity contribution < 1.29 is 19.2 Å². The summed E-state index contributed by atoms with van der Waals surface area (Å²) < 4.78 is 11.1. The van der Waals surface area contributed by atoms with E-state index in [1.165, 1.54) is 17.8 Å². The average Bonchev–Trinajstić information content (AvgIpc) is 3.38. The molecule has 28 heavy (non-hydrogen) atoms. The summed E-state index contributed by atoms with van der Waals surface area (Å²) in [7, 11) is 0. The van der Waals surface area contributed by atoms with E-state index in [1.54, 1.807) is 13.0 Å². The first kappa shape index (κ1) is 20.4. The van der Waals surface area contributed by atoms with E-state index in [4.69, 9.17) is 14.4 Å². The van der Waals surface area contributed by atoms with Crippen LogP contribution in [0.15, 0.2) is 31.5 Å². The highest BCUT2D eigenvalue weighted by Gasteiger charge is 2.29. The zero-order valence-electron chi connectivity index (χ0n) is 16.0. The highest BCUT2D eigenvalue weighted by molar-refractivity contribution is 8.16. The van der Waals surface area contributed by atoms with Crippen LogP contribution in [-0.2, 0) is 4.79 Å². The lowest BCUT2D eigenvalue weighted by atomic mass is 10.1. The van der Waals surface area contributed by atoms with Gasteiger partial charge in [-0.3, -0.25) is 9.79 Å². The van der Waals surface area contributed by atoms with Crippen molar-refractivity contribution in [3.63, 3.8) is 0 Å². The predicted octanol–water partition coefficient (Wildman–Crippen LogP) is 2.75. The van der Waals surface area contributed by atoms with Crippen LogP contribution in [0.3, 0.4) is 0 Å². The molecule has 0 bridgehead atoms. The Kier molecular flexibility index (Phi) is 6.77. The van der Waals surface area contributed by atoms with Gasteiger partial charge < -0.3 is 19.7 Å². The quantitative estimate of drug-likeness (QED) is 0.370. The van der Waals surface area contributed by atoms with Gasteiger partial charge in [-0.15, -0.1) is 11.8 Å². The summed E-state index contributed by atoms with van der Waals surface area (Å²) in [5.41, 5.74) is -0.109. The molecule has 2 heterocycles. The average molecular weight is 407 g/mol. The molecule has 2 unspecified atom stereocenters. The number of carbonyl (C=O) groups is 1. The van der Waals surface area contributed by atoms with Gasteiger partial charge in [0.1, 0.15) is 28.3 Å². The van der Waals surface area contributed by atoms with Gasteiger partial charge in [0.05, 0.1) is 18.7 Å². The largest absolute Gasteiger partial charge is 0.493 e. The molecule has 9 heteroatoms. The van der Waals surface area contributed by atoms with Crippen LogP contribution in [0.25, 0.3) is 0 Å². The predicted molar refractivity (Wildman–Crippen MR) is 108 cm³/mol. The lowest BCUT2D eigenvalue weighted by Crippen LogP contribution is -2.37. The third kappa shape index (κ3) is 5.37. The third-order valence-corrected chi connectivity index (χ3v) is 5.75. The smallest absolute Gasteiger partial charge is 0.339 e. The zero-order valence-corrected chi connectivity index (χ0v) is 16.8. The number of amides is 1. The first-order valence-corrected chi connectivity index (χ1v) is 10.5. The molecule has 1 fully saturated rings. The molecular weight excluding hydrogens is 382 g/mol. The third-order valence-electron chi connectivity index (χ3n) is 4.60. The minimum atomic E-state index is -0.572. The van der Waals surface area contributed by atoms with Crippen molar-refractivity contribution in [2.24, 2.45) is 16.1 Å². The normalized spacial score (nSPS) is 20.6. The monoisotopic (exact) mass is 407 g/mol. The Labute approximate surface area is 167 Å². The summed E-state index contributed by atoms with van der Waals surface area (Å²) in [5, 5.41) is 15.5. The van der Waals surface area contributed by atoms with Crippen molar-refractivity contribution >= 4 is 28.4 Å². The van der Waals surface area contributed by atoms with E-state index < -0.39 is 17.7 Å². The lowest BCUT2D eigenvalue weighted by Gasteiger charge is -2.19. The standard InChI is InChI=1S/C19H25N3O5S/c1-3-4-14(20-18(24)15-10-28-19(21-15)11(2)22-25)16-7-13(8-17(23)27-16)26-9-12-5-6-12/h7-8,12,14-15,25H,3-6,9-10H2,1-2H3,(H,20,24)/b22-11-. The maximum absolute atomic E-state index is 12.7. The molecule has 1 aromatic rings. The number of rotatable bonds is 9. The van der Waals surface area contributed by atoms with E-state index in [0.29, 0.717) is 47.0 Å². The van der Waals surface area contributed by atoms with Gasteiger partial charge >= 0.3 is 5.63 Å². The van der Waals surface area contributed by atoms with Crippen LogP contribution in [0.1, 0.15) is 51.3 Å². The fraction of sp³-hybridized carbons (Fsp3) is 0.579. The number of carbonyl (C=O) groups excluding carboxylic acids is 1. The van der Waals surface area contributed by atoms with Crippen molar-refractivity contribution in [2.45, 2.75) is 51.6 Å².